The van der Waals surface area contributed by atoms with Crippen molar-refractivity contribution in [3.63, 3.8) is 0 Å². The third-order valence-corrected chi connectivity index (χ3v) is 6.34. The fourth-order valence-electron chi connectivity index (χ4n) is 3.34. The maximum Gasteiger partial charge on any atom is 0.326 e. The van der Waals surface area contributed by atoms with Gasteiger partial charge in [-0.3, -0.25) is 9.59 Å². The van der Waals surface area contributed by atoms with Gasteiger partial charge in [0.25, 0.3) is 5.91 Å². The highest BCUT2D eigenvalue weighted by molar-refractivity contribution is 7.92. The number of hydrogen-bond donors (Lipinski definition) is 2. The van der Waals surface area contributed by atoms with Gasteiger partial charge in [-0.1, -0.05) is 60.7 Å². The van der Waals surface area contributed by atoms with Crippen molar-refractivity contribution in [2.75, 3.05) is 10.8 Å². The molecule has 1 aliphatic heterocycles. The SMILES string of the molecule is NC(=O)c1cccc(C=Cc2ccc(N3CC(=O)NS3(=O)=O)c(OCc3ccccc3)c2)c1. The summed E-state index contributed by atoms with van der Waals surface area (Å²) < 4.78 is 33.7. The summed E-state index contributed by atoms with van der Waals surface area (Å²) in [5.74, 6) is -0.810. The molecule has 1 heterocycles. The number of primary amides is 1. The van der Waals surface area contributed by atoms with Crippen LogP contribution in [-0.4, -0.2) is 26.8 Å². The summed E-state index contributed by atoms with van der Waals surface area (Å²) in [6.07, 6.45) is 3.61. The van der Waals surface area contributed by atoms with Gasteiger partial charge in [-0.15, -0.1) is 0 Å². The van der Waals surface area contributed by atoms with Gasteiger partial charge in [0.2, 0.25) is 5.91 Å². The van der Waals surface area contributed by atoms with E-state index in [0.717, 1.165) is 21.0 Å². The van der Waals surface area contributed by atoms with Gasteiger partial charge in [0.05, 0.1) is 5.69 Å². The largest absolute Gasteiger partial charge is 0.487 e. The zero-order valence-corrected chi connectivity index (χ0v) is 18.3. The average Bonchev–Trinajstić information content (AvgIpc) is 3.08. The van der Waals surface area contributed by atoms with Crippen molar-refractivity contribution in [1.29, 1.82) is 0 Å². The predicted molar refractivity (Wildman–Crippen MR) is 126 cm³/mol. The lowest BCUT2D eigenvalue weighted by atomic mass is 10.1. The molecule has 0 saturated carbocycles. The molecule has 9 heteroatoms. The standard InChI is InChI=1S/C24H21N3O5S/c25-24(29)20-8-4-7-17(13-20)9-10-18-11-12-21(27-15-23(28)26-33(27,30)31)22(14-18)32-16-19-5-2-1-3-6-19/h1-14H,15-16H2,(H2,25,29)(H,26,28). The molecule has 0 spiro atoms. The van der Waals surface area contributed by atoms with Crippen LogP contribution in [0.25, 0.3) is 12.2 Å². The minimum absolute atomic E-state index is 0.219. The van der Waals surface area contributed by atoms with Crippen LogP contribution in [-0.2, 0) is 21.6 Å². The Kier molecular flexibility index (Phi) is 6.14. The molecule has 1 saturated heterocycles. The summed E-state index contributed by atoms with van der Waals surface area (Å²) in [6.45, 7) is -0.101. The number of carbonyl (C=O) groups is 2. The van der Waals surface area contributed by atoms with Crippen molar-refractivity contribution < 1.29 is 22.7 Å². The van der Waals surface area contributed by atoms with Gasteiger partial charge in [-0.05, 0) is 41.0 Å². The van der Waals surface area contributed by atoms with Gasteiger partial charge in [-0.2, -0.15) is 8.42 Å². The second-order valence-corrected chi connectivity index (χ2v) is 8.96. The van der Waals surface area contributed by atoms with Gasteiger partial charge in [-0.25, -0.2) is 9.03 Å². The van der Waals surface area contributed by atoms with E-state index in [0.29, 0.717) is 11.3 Å². The number of nitrogens with one attached hydrogen (secondary N) is 1. The number of nitrogens with zero attached hydrogens (tertiary/aromatic N) is 1. The van der Waals surface area contributed by atoms with E-state index >= 15 is 0 Å². The summed E-state index contributed by atoms with van der Waals surface area (Å²) >= 11 is 0. The molecule has 3 N–H and O–H groups in total. The minimum atomic E-state index is -3.98. The Labute approximate surface area is 191 Å². The van der Waals surface area contributed by atoms with Gasteiger partial charge >= 0.3 is 10.2 Å². The van der Waals surface area contributed by atoms with Crippen molar-refractivity contribution in [2.45, 2.75) is 6.61 Å². The number of anilines is 1. The van der Waals surface area contributed by atoms with Gasteiger partial charge in [0.15, 0.2) is 0 Å². The molecule has 1 fully saturated rings. The maximum atomic E-state index is 12.4. The Balaban J connectivity index is 1.66. The molecule has 8 nitrogen and oxygen atoms in total. The topological polar surface area (TPSA) is 119 Å². The molecule has 0 aromatic heterocycles. The number of rotatable bonds is 7. The molecule has 3 aromatic carbocycles. The van der Waals surface area contributed by atoms with Crippen LogP contribution in [0.3, 0.4) is 0 Å². The van der Waals surface area contributed by atoms with E-state index in [9.17, 15) is 18.0 Å². The molecule has 0 bridgehead atoms. The van der Waals surface area contributed by atoms with Crippen molar-refractivity contribution in [3.8, 4) is 5.75 Å². The lowest BCUT2D eigenvalue weighted by Gasteiger charge is -2.19. The first-order chi connectivity index (χ1) is 15.8. The average molecular weight is 464 g/mol. The van der Waals surface area contributed by atoms with Gasteiger partial charge in [0, 0.05) is 5.56 Å². The number of ether oxygens (including phenoxy) is 1. The number of nitrogens with two attached hydrogens (primary N) is 1. The Bertz CT molecular complexity index is 1340. The fraction of sp³-hybridized carbons (Fsp3) is 0.0833. The molecule has 0 aliphatic carbocycles. The first kappa shape index (κ1) is 22.1. The normalized spacial score (nSPS) is 14.9. The molecule has 0 unspecified atom stereocenters. The maximum absolute atomic E-state index is 12.4. The molecule has 2 amide bonds. The molecule has 3 aromatic rings. The summed E-state index contributed by atoms with van der Waals surface area (Å²) in [4.78, 5) is 23.1. The molecular weight excluding hydrogens is 442 g/mol. The predicted octanol–water partition coefficient (Wildman–Crippen LogP) is 2.72. The van der Waals surface area contributed by atoms with E-state index in [2.05, 4.69) is 0 Å². The second-order valence-electron chi connectivity index (χ2n) is 7.36. The van der Waals surface area contributed by atoms with Crippen LogP contribution in [0.1, 0.15) is 27.0 Å². The minimum Gasteiger partial charge on any atom is -0.487 e. The lowest BCUT2D eigenvalue weighted by Crippen LogP contribution is -2.29. The van der Waals surface area contributed by atoms with E-state index in [4.69, 9.17) is 10.5 Å². The van der Waals surface area contributed by atoms with Crippen molar-refractivity contribution in [3.05, 3.63) is 95.1 Å². The first-order valence-corrected chi connectivity index (χ1v) is 11.5. The van der Waals surface area contributed by atoms with E-state index in [1.165, 1.54) is 0 Å². The Hall–Kier alpha value is -4.11. The summed E-state index contributed by atoms with van der Waals surface area (Å²) in [5, 5.41) is 0. The zero-order valence-electron chi connectivity index (χ0n) is 17.5. The molecule has 4 rings (SSSR count). The third kappa shape index (κ3) is 5.21. The smallest absolute Gasteiger partial charge is 0.326 e. The summed E-state index contributed by atoms with van der Waals surface area (Å²) in [7, 11) is -3.98. The highest BCUT2D eigenvalue weighted by Crippen LogP contribution is 2.33. The van der Waals surface area contributed by atoms with E-state index in [-0.39, 0.29) is 18.8 Å². The monoisotopic (exact) mass is 463 g/mol. The Morgan fingerprint density at radius 3 is 2.39 bits per heavy atom. The van der Waals surface area contributed by atoms with Crippen molar-refractivity contribution >= 4 is 39.9 Å². The van der Waals surface area contributed by atoms with Crippen LogP contribution < -0.4 is 19.5 Å². The summed E-state index contributed by atoms with van der Waals surface area (Å²) in [6, 6.07) is 21.3. The third-order valence-electron chi connectivity index (χ3n) is 4.95. The molecule has 1 aliphatic rings. The first-order valence-electron chi connectivity index (χ1n) is 10.0. The lowest BCUT2D eigenvalue weighted by molar-refractivity contribution is -0.117. The van der Waals surface area contributed by atoms with E-state index in [1.54, 1.807) is 48.6 Å². The van der Waals surface area contributed by atoms with Gasteiger partial charge < -0.3 is 10.5 Å². The van der Waals surface area contributed by atoms with Crippen LogP contribution in [0, 0.1) is 0 Å². The van der Waals surface area contributed by atoms with Crippen LogP contribution in [0.15, 0.2) is 72.8 Å². The van der Waals surface area contributed by atoms with Crippen LogP contribution >= 0.6 is 0 Å². The molecular formula is C24H21N3O5S. The number of benzene rings is 3. The Morgan fingerprint density at radius 2 is 1.73 bits per heavy atom. The zero-order chi connectivity index (χ0) is 23.4. The van der Waals surface area contributed by atoms with E-state index < -0.39 is 22.0 Å². The van der Waals surface area contributed by atoms with Gasteiger partial charge in [0.1, 0.15) is 18.9 Å². The van der Waals surface area contributed by atoms with Crippen molar-refractivity contribution in [1.82, 2.24) is 4.72 Å². The van der Waals surface area contributed by atoms with Crippen LogP contribution in [0.5, 0.6) is 5.75 Å². The number of amides is 2. The summed E-state index contributed by atoms with van der Waals surface area (Å²) in [5.41, 5.74) is 8.42. The molecule has 168 valence electrons. The number of carbonyl (C=O) groups excluding carboxylic acids is 2. The van der Waals surface area contributed by atoms with Crippen LogP contribution in [0.4, 0.5) is 5.69 Å². The number of hydrogen-bond acceptors (Lipinski definition) is 5. The van der Waals surface area contributed by atoms with Crippen molar-refractivity contribution in [2.24, 2.45) is 5.73 Å². The second kappa shape index (κ2) is 9.17. The van der Waals surface area contributed by atoms with E-state index in [1.807, 2.05) is 41.1 Å². The Morgan fingerprint density at radius 1 is 1.00 bits per heavy atom. The molecule has 0 atom stereocenters. The fourth-order valence-corrected chi connectivity index (χ4v) is 4.50. The highest BCUT2D eigenvalue weighted by Gasteiger charge is 2.35. The highest BCUT2D eigenvalue weighted by atomic mass is 32.2. The quantitative estimate of drug-likeness (QED) is 0.522. The van der Waals surface area contributed by atoms with Crippen LogP contribution in [0.2, 0.25) is 0 Å². The molecule has 0 radical (unpaired) electrons. The molecule has 33 heavy (non-hydrogen) atoms.